The molecule has 1 atom stereocenters. The van der Waals surface area contributed by atoms with E-state index >= 15 is 4.39 Å². The summed E-state index contributed by atoms with van der Waals surface area (Å²) in [5, 5.41) is -0.479. The second kappa shape index (κ2) is 7.83. The third-order valence-corrected chi connectivity index (χ3v) is 7.81. The third kappa shape index (κ3) is 4.20. The summed E-state index contributed by atoms with van der Waals surface area (Å²) in [4.78, 5) is 6.18. The van der Waals surface area contributed by atoms with Crippen molar-refractivity contribution in [3.8, 4) is 0 Å². The van der Waals surface area contributed by atoms with E-state index in [-0.39, 0.29) is 11.2 Å². The van der Waals surface area contributed by atoms with E-state index in [0.717, 1.165) is 37.5 Å². The number of nitrogens with one attached hydrogen (secondary N) is 1. The number of rotatable bonds is 6. The smallest absolute Gasteiger partial charge is 0.268 e. The van der Waals surface area contributed by atoms with Crippen LogP contribution in [0.4, 0.5) is 24.7 Å². The zero-order chi connectivity index (χ0) is 22.6. The Morgan fingerprint density at radius 2 is 2.00 bits per heavy atom. The minimum absolute atomic E-state index is 0.104. The van der Waals surface area contributed by atoms with E-state index in [1.807, 2.05) is 11.8 Å². The lowest BCUT2D eigenvalue weighted by molar-refractivity contribution is 0.149. The van der Waals surface area contributed by atoms with Crippen molar-refractivity contribution in [3.63, 3.8) is 0 Å². The Hall–Kier alpha value is -2.04. The van der Waals surface area contributed by atoms with E-state index < -0.39 is 43.3 Å². The van der Waals surface area contributed by atoms with Crippen molar-refractivity contribution in [3.05, 3.63) is 46.9 Å². The quantitative estimate of drug-likeness (QED) is 0.506. The fourth-order valence-electron chi connectivity index (χ4n) is 4.04. The Balaban J connectivity index is 1.64. The number of nitrogens with zero attached hydrogens (tertiary/aromatic N) is 3. The Labute approximate surface area is 184 Å². The number of benzene rings is 1. The topological polar surface area (TPSA) is 65.5 Å². The van der Waals surface area contributed by atoms with Crippen LogP contribution in [-0.4, -0.2) is 50.0 Å². The normalized spacial score (nSPS) is 21.7. The first-order chi connectivity index (χ1) is 14.5. The minimum Gasteiger partial charge on any atom is -0.368 e. The van der Waals surface area contributed by atoms with Crippen LogP contribution in [0, 0.1) is 17.6 Å². The molecule has 168 valence electrons. The Bertz CT molecular complexity index is 1130. The number of sulfonamides is 1. The summed E-state index contributed by atoms with van der Waals surface area (Å²) in [6.07, 6.45) is 3.05. The van der Waals surface area contributed by atoms with Crippen molar-refractivity contribution in [1.82, 2.24) is 9.88 Å². The molecule has 0 spiro atoms. The van der Waals surface area contributed by atoms with Crippen LogP contribution in [-0.2, 0) is 10.0 Å². The first kappa shape index (κ1) is 22.2. The van der Waals surface area contributed by atoms with Gasteiger partial charge in [0.25, 0.3) is 10.0 Å². The van der Waals surface area contributed by atoms with Crippen molar-refractivity contribution in [1.29, 1.82) is 0 Å². The largest absolute Gasteiger partial charge is 0.368 e. The molecule has 11 heteroatoms. The maximum Gasteiger partial charge on any atom is 0.268 e. The molecular weight excluding hydrogens is 453 g/mol. The number of halogens is 4. The predicted molar refractivity (Wildman–Crippen MR) is 112 cm³/mol. The second-order valence-corrected chi connectivity index (χ2v) is 10.3. The highest BCUT2D eigenvalue weighted by Gasteiger charge is 2.44. The van der Waals surface area contributed by atoms with Gasteiger partial charge in [0.2, 0.25) is 5.95 Å². The molecule has 1 aliphatic carbocycles. The van der Waals surface area contributed by atoms with Gasteiger partial charge in [0.1, 0.15) is 16.7 Å². The summed E-state index contributed by atoms with van der Waals surface area (Å²) in [6.45, 7) is 3.14. The van der Waals surface area contributed by atoms with Crippen LogP contribution in [0.15, 0.2) is 29.2 Å². The van der Waals surface area contributed by atoms with Gasteiger partial charge in [-0.05, 0) is 45.4 Å². The van der Waals surface area contributed by atoms with Crippen molar-refractivity contribution in [2.24, 2.45) is 0 Å². The molecule has 1 aromatic heterocycles. The van der Waals surface area contributed by atoms with Gasteiger partial charge in [0, 0.05) is 30.7 Å². The van der Waals surface area contributed by atoms with E-state index in [1.54, 1.807) is 4.90 Å². The maximum absolute atomic E-state index is 15.0. The molecule has 1 saturated carbocycles. The standard InChI is InChI=1S/C20H22ClF3N4O2S/c1-20(27(2)12-6-7-12)8-9-28(11-20)14-10-13(22)19(18(24)17(14)21)31(29,30)26-16-5-3-4-15(23)25-16/h3-5,10,12H,6-9,11H2,1-2H3,(H,25,26)/t20-/m1/s1. The molecule has 0 amide bonds. The SMILES string of the molecule is CN(C1CC1)[C@]1(C)CCN(c2cc(F)c(S(=O)(=O)Nc3cccc(F)n3)c(F)c2Cl)C1. The van der Waals surface area contributed by atoms with Gasteiger partial charge in [-0.15, -0.1) is 0 Å². The van der Waals surface area contributed by atoms with Crippen molar-refractivity contribution in [2.45, 2.75) is 42.7 Å². The van der Waals surface area contributed by atoms with Crippen molar-refractivity contribution >= 4 is 33.1 Å². The van der Waals surface area contributed by atoms with Gasteiger partial charge >= 0.3 is 0 Å². The lowest BCUT2D eigenvalue weighted by Gasteiger charge is -2.36. The molecule has 1 saturated heterocycles. The predicted octanol–water partition coefficient (Wildman–Crippen LogP) is 4.02. The molecule has 31 heavy (non-hydrogen) atoms. The van der Waals surface area contributed by atoms with Gasteiger partial charge in [-0.25, -0.2) is 22.2 Å². The van der Waals surface area contributed by atoms with Gasteiger partial charge in [-0.3, -0.25) is 9.62 Å². The summed E-state index contributed by atoms with van der Waals surface area (Å²) in [5.41, 5.74) is -0.0697. The number of pyridine rings is 1. The number of hydrogen-bond acceptors (Lipinski definition) is 5. The molecule has 0 bridgehead atoms. The number of anilines is 2. The molecule has 2 aliphatic rings. The van der Waals surface area contributed by atoms with E-state index in [0.29, 0.717) is 19.1 Å². The third-order valence-electron chi connectivity index (χ3n) is 6.06. The van der Waals surface area contributed by atoms with Crippen LogP contribution in [0.3, 0.4) is 0 Å². The molecular formula is C20H22ClF3N4O2S. The molecule has 1 aromatic carbocycles. The molecule has 4 rings (SSSR count). The summed E-state index contributed by atoms with van der Waals surface area (Å²) in [5.74, 6) is -4.03. The monoisotopic (exact) mass is 474 g/mol. The highest BCUT2D eigenvalue weighted by Crippen LogP contribution is 2.41. The molecule has 1 aliphatic heterocycles. The van der Waals surface area contributed by atoms with Crippen LogP contribution in [0.2, 0.25) is 5.02 Å². The molecule has 2 heterocycles. The zero-order valence-electron chi connectivity index (χ0n) is 17.0. The van der Waals surface area contributed by atoms with Gasteiger partial charge in [0.15, 0.2) is 10.7 Å². The second-order valence-electron chi connectivity index (χ2n) is 8.30. The van der Waals surface area contributed by atoms with Crippen LogP contribution >= 0.6 is 11.6 Å². The fourth-order valence-corrected chi connectivity index (χ4v) is 5.51. The average molecular weight is 475 g/mol. The van der Waals surface area contributed by atoms with Gasteiger partial charge < -0.3 is 4.90 Å². The lowest BCUT2D eigenvalue weighted by atomic mass is 9.99. The summed E-state index contributed by atoms with van der Waals surface area (Å²) >= 11 is 6.17. The van der Waals surface area contributed by atoms with Crippen LogP contribution in [0.5, 0.6) is 0 Å². The number of aromatic nitrogens is 1. The maximum atomic E-state index is 15.0. The highest BCUT2D eigenvalue weighted by molar-refractivity contribution is 7.92. The van der Waals surface area contributed by atoms with Gasteiger partial charge in [-0.1, -0.05) is 17.7 Å². The average Bonchev–Trinajstić information content (AvgIpc) is 3.45. The molecule has 1 N–H and O–H groups in total. The van der Waals surface area contributed by atoms with Gasteiger partial charge in [-0.2, -0.15) is 4.39 Å². The van der Waals surface area contributed by atoms with E-state index in [1.165, 1.54) is 6.07 Å². The molecule has 6 nitrogen and oxygen atoms in total. The summed E-state index contributed by atoms with van der Waals surface area (Å²) in [6, 6.07) is 4.83. The number of hydrogen-bond donors (Lipinski definition) is 1. The Kier molecular flexibility index (Phi) is 5.60. The van der Waals surface area contributed by atoms with E-state index in [4.69, 9.17) is 11.6 Å². The summed E-state index contributed by atoms with van der Waals surface area (Å²) in [7, 11) is -2.69. The van der Waals surface area contributed by atoms with Gasteiger partial charge in [0.05, 0.1) is 5.69 Å². The fraction of sp³-hybridized carbons (Fsp3) is 0.450. The Morgan fingerprint density at radius 3 is 2.65 bits per heavy atom. The molecule has 2 fully saturated rings. The highest BCUT2D eigenvalue weighted by atomic mass is 35.5. The van der Waals surface area contributed by atoms with E-state index in [9.17, 15) is 17.2 Å². The number of likely N-dealkylation sites (N-methyl/N-ethyl adjacent to an activating group) is 1. The lowest BCUT2D eigenvalue weighted by Crippen LogP contribution is -2.47. The van der Waals surface area contributed by atoms with Crippen LogP contribution in [0.25, 0.3) is 0 Å². The van der Waals surface area contributed by atoms with Crippen LogP contribution in [0.1, 0.15) is 26.2 Å². The van der Waals surface area contributed by atoms with Crippen LogP contribution < -0.4 is 9.62 Å². The minimum atomic E-state index is -4.73. The molecule has 2 aromatic rings. The first-order valence-corrected chi connectivity index (χ1v) is 11.7. The van der Waals surface area contributed by atoms with Crippen molar-refractivity contribution < 1.29 is 21.6 Å². The zero-order valence-corrected chi connectivity index (χ0v) is 18.6. The van der Waals surface area contributed by atoms with E-state index in [2.05, 4.69) is 16.8 Å². The molecule has 0 unspecified atom stereocenters. The van der Waals surface area contributed by atoms with Crippen molar-refractivity contribution in [2.75, 3.05) is 29.8 Å². The molecule has 0 radical (unpaired) electrons. The summed E-state index contributed by atoms with van der Waals surface area (Å²) < 4.78 is 70.2. The first-order valence-electron chi connectivity index (χ1n) is 9.82. The Morgan fingerprint density at radius 1 is 1.29 bits per heavy atom.